The van der Waals surface area contributed by atoms with Crippen LogP contribution >= 0.6 is 11.3 Å². The lowest BCUT2D eigenvalue weighted by Crippen LogP contribution is -2.43. The molecule has 1 saturated heterocycles. The molecule has 9 heteroatoms. The van der Waals surface area contributed by atoms with E-state index in [4.69, 9.17) is 4.74 Å². The van der Waals surface area contributed by atoms with Crippen molar-refractivity contribution in [1.82, 2.24) is 9.29 Å². The number of nitrogens with one attached hydrogen (secondary N) is 1. The summed E-state index contributed by atoms with van der Waals surface area (Å²) in [5.74, 6) is -0.145. The van der Waals surface area contributed by atoms with Crippen molar-refractivity contribution in [3.8, 4) is 5.88 Å². The molecule has 7 nitrogen and oxygen atoms in total. The van der Waals surface area contributed by atoms with Crippen molar-refractivity contribution in [2.75, 3.05) is 18.4 Å². The number of benzene rings is 1. The van der Waals surface area contributed by atoms with Crippen LogP contribution in [0.1, 0.15) is 23.3 Å². The Morgan fingerprint density at radius 1 is 1.19 bits per heavy atom. The number of aryl methyl sites for hydroxylation is 1. The van der Waals surface area contributed by atoms with E-state index in [0.717, 1.165) is 10.4 Å². The standard InChI is InChI=1S/C23H25N3O4S2/c1-17-9-12-22(31-17)32(28,29)26-13-5-8-19(15-26)23(27)25-20-10-11-21(24-14-20)30-16-18-6-3-2-4-7-18/h2-4,6-7,9-12,14,19H,5,8,13,15-16H2,1H3,(H,25,27). The van der Waals surface area contributed by atoms with E-state index in [0.29, 0.717) is 41.8 Å². The monoisotopic (exact) mass is 471 g/mol. The van der Waals surface area contributed by atoms with E-state index in [1.54, 1.807) is 30.5 Å². The van der Waals surface area contributed by atoms with Gasteiger partial charge in [-0.15, -0.1) is 11.3 Å². The van der Waals surface area contributed by atoms with Crippen molar-refractivity contribution in [3.63, 3.8) is 0 Å². The number of carbonyl (C=O) groups excluding carboxylic acids is 1. The molecule has 1 atom stereocenters. The van der Waals surface area contributed by atoms with E-state index < -0.39 is 15.9 Å². The van der Waals surface area contributed by atoms with Crippen LogP contribution in [0.5, 0.6) is 5.88 Å². The highest BCUT2D eigenvalue weighted by Crippen LogP contribution is 2.28. The van der Waals surface area contributed by atoms with Gasteiger partial charge >= 0.3 is 0 Å². The van der Waals surface area contributed by atoms with Gasteiger partial charge in [0.15, 0.2) is 0 Å². The zero-order chi connectivity index (χ0) is 22.6. The van der Waals surface area contributed by atoms with Crippen LogP contribution in [0.25, 0.3) is 0 Å². The van der Waals surface area contributed by atoms with Crippen molar-refractivity contribution in [1.29, 1.82) is 0 Å². The summed E-state index contributed by atoms with van der Waals surface area (Å²) in [7, 11) is -3.57. The number of rotatable bonds is 7. The van der Waals surface area contributed by atoms with E-state index in [9.17, 15) is 13.2 Å². The summed E-state index contributed by atoms with van der Waals surface area (Å²) < 4.78 is 33.2. The number of anilines is 1. The third-order valence-electron chi connectivity index (χ3n) is 5.30. The molecule has 1 aliphatic rings. The van der Waals surface area contributed by atoms with Crippen molar-refractivity contribution in [2.24, 2.45) is 5.92 Å². The van der Waals surface area contributed by atoms with Crippen LogP contribution in [-0.4, -0.2) is 36.7 Å². The predicted molar refractivity (Wildman–Crippen MR) is 124 cm³/mol. The van der Waals surface area contributed by atoms with Crippen LogP contribution in [-0.2, 0) is 21.4 Å². The molecule has 1 aromatic carbocycles. The molecular weight excluding hydrogens is 446 g/mol. The lowest BCUT2D eigenvalue weighted by atomic mass is 9.99. The number of carbonyl (C=O) groups is 1. The summed E-state index contributed by atoms with van der Waals surface area (Å²) in [6.45, 7) is 2.90. The molecule has 168 valence electrons. The molecule has 1 amide bonds. The molecule has 0 bridgehead atoms. The first kappa shape index (κ1) is 22.4. The lowest BCUT2D eigenvalue weighted by molar-refractivity contribution is -0.120. The average Bonchev–Trinajstić information content (AvgIpc) is 3.26. The molecule has 1 aliphatic heterocycles. The van der Waals surface area contributed by atoms with Crippen LogP contribution in [0.4, 0.5) is 5.69 Å². The van der Waals surface area contributed by atoms with Gasteiger partial charge in [-0.1, -0.05) is 30.3 Å². The van der Waals surface area contributed by atoms with Gasteiger partial charge in [0.2, 0.25) is 11.8 Å². The topological polar surface area (TPSA) is 88.6 Å². The number of hydrogen-bond acceptors (Lipinski definition) is 6. The van der Waals surface area contributed by atoms with Gasteiger partial charge < -0.3 is 10.1 Å². The zero-order valence-electron chi connectivity index (χ0n) is 17.7. The molecular formula is C23H25N3O4S2. The number of sulfonamides is 1. The Balaban J connectivity index is 1.34. The minimum atomic E-state index is -3.57. The maximum atomic E-state index is 12.9. The number of nitrogens with zero attached hydrogens (tertiary/aromatic N) is 2. The molecule has 3 heterocycles. The first-order valence-corrected chi connectivity index (χ1v) is 12.7. The molecule has 1 unspecified atom stereocenters. The van der Waals surface area contributed by atoms with E-state index >= 15 is 0 Å². The van der Waals surface area contributed by atoms with Gasteiger partial charge in [0.05, 0.1) is 17.8 Å². The second-order valence-electron chi connectivity index (χ2n) is 7.72. The Hall–Kier alpha value is -2.75. The molecule has 1 N–H and O–H groups in total. The van der Waals surface area contributed by atoms with Crippen LogP contribution in [0.3, 0.4) is 0 Å². The highest BCUT2D eigenvalue weighted by Gasteiger charge is 2.34. The van der Waals surface area contributed by atoms with Crippen molar-refractivity contribution >= 4 is 33.0 Å². The van der Waals surface area contributed by atoms with Crippen LogP contribution in [0.2, 0.25) is 0 Å². The minimum absolute atomic E-state index is 0.177. The highest BCUT2D eigenvalue weighted by molar-refractivity contribution is 7.91. The van der Waals surface area contributed by atoms with Crippen molar-refractivity contribution in [3.05, 3.63) is 71.2 Å². The first-order chi connectivity index (χ1) is 15.4. The van der Waals surface area contributed by atoms with Gasteiger partial charge in [-0.25, -0.2) is 13.4 Å². The molecule has 0 spiro atoms. The SMILES string of the molecule is Cc1ccc(S(=O)(=O)N2CCCC(C(=O)Nc3ccc(OCc4ccccc4)nc3)C2)s1. The zero-order valence-corrected chi connectivity index (χ0v) is 19.4. The molecule has 0 aliphatic carbocycles. The fourth-order valence-corrected chi connectivity index (χ4v) is 6.53. The second-order valence-corrected chi connectivity index (χ2v) is 11.2. The summed E-state index contributed by atoms with van der Waals surface area (Å²) in [5.41, 5.74) is 1.59. The number of ether oxygens (including phenoxy) is 1. The normalized spacial score (nSPS) is 17.1. The number of piperidine rings is 1. The van der Waals surface area contributed by atoms with Gasteiger partial charge in [0.25, 0.3) is 10.0 Å². The Morgan fingerprint density at radius 2 is 2.00 bits per heavy atom. The van der Waals surface area contributed by atoms with Crippen LogP contribution in [0.15, 0.2) is 65.0 Å². The summed E-state index contributed by atoms with van der Waals surface area (Å²) in [5, 5.41) is 2.85. The van der Waals surface area contributed by atoms with Crippen LogP contribution in [0, 0.1) is 12.8 Å². The maximum absolute atomic E-state index is 12.9. The Kier molecular flexibility index (Phi) is 6.88. The number of pyridine rings is 1. The summed E-state index contributed by atoms with van der Waals surface area (Å²) in [6, 6.07) is 16.7. The highest BCUT2D eigenvalue weighted by atomic mass is 32.2. The predicted octanol–water partition coefficient (Wildman–Crippen LogP) is 4.07. The third kappa shape index (κ3) is 5.35. The van der Waals surface area contributed by atoms with Gasteiger partial charge in [0, 0.05) is 24.0 Å². The Morgan fingerprint density at radius 3 is 2.69 bits per heavy atom. The molecule has 3 aromatic rings. The number of amides is 1. The third-order valence-corrected chi connectivity index (χ3v) is 8.63. The van der Waals surface area contributed by atoms with E-state index in [1.165, 1.54) is 15.6 Å². The fraction of sp³-hybridized carbons (Fsp3) is 0.304. The number of aromatic nitrogens is 1. The Bertz CT molecular complexity index is 1160. The van der Waals surface area contributed by atoms with Gasteiger partial charge in [-0.05, 0) is 43.5 Å². The summed E-state index contributed by atoms with van der Waals surface area (Å²) >= 11 is 1.25. The minimum Gasteiger partial charge on any atom is -0.473 e. The maximum Gasteiger partial charge on any atom is 0.252 e. The largest absolute Gasteiger partial charge is 0.473 e. The number of thiophene rings is 1. The first-order valence-electron chi connectivity index (χ1n) is 10.4. The van der Waals surface area contributed by atoms with Gasteiger partial charge in [-0.3, -0.25) is 4.79 Å². The quantitative estimate of drug-likeness (QED) is 0.561. The molecule has 1 fully saturated rings. The number of hydrogen-bond donors (Lipinski definition) is 1. The molecule has 32 heavy (non-hydrogen) atoms. The van der Waals surface area contributed by atoms with Crippen molar-refractivity contribution < 1.29 is 17.9 Å². The Labute approximate surface area is 192 Å². The van der Waals surface area contributed by atoms with E-state index in [2.05, 4.69) is 10.3 Å². The fourth-order valence-electron chi connectivity index (χ4n) is 3.57. The average molecular weight is 472 g/mol. The molecule has 0 radical (unpaired) electrons. The van der Waals surface area contributed by atoms with Gasteiger partial charge in [0.1, 0.15) is 10.8 Å². The van der Waals surface area contributed by atoms with Crippen LogP contribution < -0.4 is 10.1 Å². The molecule has 4 rings (SSSR count). The lowest BCUT2D eigenvalue weighted by Gasteiger charge is -2.30. The molecule has 2 aromatic heterocycles. The van der Waals surface area contributed by atoms with Crippen molar-refractivity contribution in [2.45, 2.75) is 30.6 Å². The smallest absolute Gasteiger partial charge is 0.252 e. The van der Waals surface area contributed by atoms with E-state index in [1.807, 2.05) is 37.3 Å². The van der Waals surface area contributed by atoms with E-state index in [-0.39, 0.29) is 12.5 Å². The molecule has 0 saturated carbocycles. The second kappa shape index (κ2) is 9.81. The van der Waals surface area contributed by atoms with Gasteiger partial charge in [-0.2, -0.15) is 4.31 Å². The summed E-state index contributed by atoms with van der Waals surface area (Å²) in [4.78, 5) is 18.0. The summed E-state index contributed by atoms with van der Waals surface area (Å²) in [6.07, 6.45) is 2.84.